The number of carboxylic acids is 2. The van der Waals surface area contributed by atoms with Crippen molar-refractivity contribution in [2.24, 2.45) is 11.8 Å². The maximum atomic E-state index is 10.2. The fraction of sp³-hybridized carbons (Fsp3) is 0.889. The summed E-state index contributed by atoms with van der Waals surface area (Å²) >= 11 is 0. The van der Waals surface area contributed by atoms with Crippen molar-refractivity contribution in [3.8, 4) is 0 Å². The molecule has 0 unspecified atom stereocenters. The molecule has 0 atom stereocenters. The minimum Gasteiger partial charge on any atom is -0.481 e. The molecule has 0 aromatic rings. The Morgan fingerprint density at radius 3 is 1.20 bits per heavy atom. The van der Waals surface area contributed by atoms with Gasteiger partial charge in [-0.3, -0.25) is 9.59 Å². The van der Waals surface area contributed by atoms with E-state index in [1.807, 2.05) is 14.1 Å². The van der Waals surface area contributed by atoms with Crippen molar-refractivity contribution in [2.75, 3.05) is 40.3 Å². The number of aliphatic carboxylic acids is 2. The van der Waals surface area contributed by atoms with Crippen LogP contribution in [0.3, 0.4) is 0 Å². The average molecular weight is 405 g/mol. The van der Waals surface area contributed by atoms with Crippen molar-refractivity contribution in [3.05, 3.63) is 0 Å². The van der Waals surface area contributed by atoms with Gasteiger partial charge >= 0.3 is 11.9 Å². The van der Waals surface area contributed by atoms with Gasteiger partial charge in [-0.05, 0) is 51.9 Å². The number of nitrogens with zero attached hydrogens (tertiary/aromatic N) is 2. The molecule has 0 aliphatic heterocycles. The van der Waals surface area contributed by atoms with Crippen LogP contribution in [0.2, 0.25) is 0 Å². The zero-order chi connectivity index (χ0) is 19.1. The average Bonchev–Trinajstić information content (AvgIpc) is 2.47. The fourth-order valence-electron chi connectivity index (χ4n) is 1.75. The first-order chi connectivity index (χ1) is 11.0. The first kappa shape index (κ1) is 29.1. The Morgan fingerprint density at radius 1 is 0.720 bits per heavy atom. The molecular formula is C18H38N2NiO4. The van der Waals surface area contributed by atoms with Gasteiger partial charge in [0, 0.05) is 29.6 Å². The van der Waals surface area contributed by atoms with Crippen LogP contribution in [-0.2, 0) is 26.1 Å². The molecular weight excluding hydrogens is 367 g/mol. The minimum absolute atomic E-state index is 0. The third-order valence-corrected chi connectivity index (χ3v) is 3.59. The van der Waals surface area contributed by atoms with Crippen molar-refractivity contribution in [3.63, 3.8) is 0 Å². The number of carbonyl (C=O) groups is 2. The second-order valence-corrected chi connectivity index (χ2v) is 7.26. The summed E-state index contributed by atoms with van der Waals surface area (Å²) in [5.74, 6) is -0.0487. The van der Waals surface area contributed by atoms with Gasteiger partial charge in [-0.2, -0.15) is 0 Å². The Bertz CT molecular complexity index is 307. The molecule has 0 aliphatic carbocycles. The molecule has 0 aromatic heterocycles. The van der Waals surface area contributed by atoms with Crippen molar-refractivity contribution in [1.82, 2.24) is 9.80 Å². The number of carboxylic acid groups (broad SMARTS) is 2. The van der Waals surface area contributed by atoms with Crippen molar-refractivity contribution in [2.45, 2.75) is 53.4 Å². The van der Waals surface area contributed by atoms with Crippen molar-refractivity contribution in [1.29, 1.82) is 0 Å². The van der Waals surface area contributed by atoms with Crippen molar-refractivity contribution >= 4 is 11.9 Å². The first-order valence-electron chi connectivity index (χ1n) is 8.85. The van der Waals surface area contributed by atoms with Crippen LogP contribution in [0.15, 0.2) is 0 Å². The van der Waals surface area contributed by atoms with E-state index in [2.05, 4.69) is 37.5 Å². The van der Waals surface area contributed by atoms with Gasteiger partial charge in [0.05, 0.1) is 12.8 Å². The third-order valence-electron chi connectivity index (χ3n) is 3.59. The van der Waals surface area contributed by atoms with Gasteiger partial charge in [-0.15, -0.1) is 0 Å². The fourth-order valence-corrected chi connectivity index (χ4v) is 1.75. The van der Waals surface area contributed by atoms with Crippen LogP contribution in [0.4, 0.5) is 0 Å². The molecule has 25 heavy (non-hydrogen) atoms. The van der Waals surface area contributed by atoms with Gasteiger partial charge in [-0.1, -0.05) is 27.7 Å². The van der Waals surface area contributed by atoms with Crippen LogP contribution in [-0.4, -0.2) is 72.2 Å². The molecule has 0 saturated heterocycles. The molecule has 2 N–H and O–H groups in total. The molecule has 0 rings (SSSR count). The van der Waals surface area contributed by atoms with Gasteiger partial charge in [0.25, 0.3) is 0 Å². The summed E-state index contributed by atoms with van der Waals surface area (Å²) in [7, 11) is 3.93. The molecule has 0 heterocycles. The van der Waals surface area contributed by atoms with E-state index in [4.69, 9.17) is 10.2 Å². The van der Waals surface area contributed by atoms with Crippen molar-refractivity contribution < 1.29 is 36.3 Å². The zero-order valence-corrected chi connectivity index (χ0v) is 17.7. The maximum absolute atomic E-state index is 10.2. The number of hydrogen-bond donors (Lipinski definition) is 2. The maximum Gasteiger partial charge on any atom is 0.304 e. The molecule has 0 aliphatic rings. The second kappa shape index (κ2) is 18.2. The van der Waals surface area contributed by atoms with Gasteiger partial charge < -0.3 is 20.0 Å². The van der Waals surface area contributed by atoms with E-state index in [0.29, 0.717) is 24.9 Å². The Balaban J connectivity index is -0.000000372. The molecule has 0 radical (unpaired) electrons. The molecule has 0 bridgehead atoms. The zero-order valence-electron chi connectivity index (χ0n) is 16.7. The van der Waals surface area contributed by atoms with Crippen LogP contribution < -0.4 is 0 Å². The Hall–Kier alpha value is -0.646. The monoisotopic (exact) mass is 404 g/mol. The van der Waals surface area contributed by atoms with Crippen LogP contribution in [0.1, 0.15) is 53.4 Å². The Kier molecular flexibility index (Phi) is 21.2. The summed E-state index contributed by atoms with van der Waals surface area (Å²) in [6.07, 6.45) is 2.76. The van der Waals surface area contributed by atoms with Gasteiger partial charge in [0.1, 0.15) is 0 Å². The summed E-state index contributed by atoms with van der Waals surface area (Å²) in [6, 6.07) is 0. The van der Waals surface area contributed by atoms with E-state index in [9.17, 15) is 9.59 Å². The summed E-state index contributed by atoms with van der Waals surface area (Å²) in [6.45, 7) is 12.0. The van der Waals surface area contributed by atoms with Crippen LogP contribution in [0.25, 0.3) is 0 Å². The predicted octanol–water partition coefficient (Wildman–Crippen LogP) is 2.88. The molecule has 7 heteroatoms. The molecule has 0 amide bonds. The SMILES string of the molecule is CC(C)CCN(C)CCC(=O)O.CC(C)CCN(C)CCC(=O)O.[Ni]. The quantitative estimate of drug-likeness (QED) is 0.486. The topological polar surface area (TPSA) is 81.1 Å². The molecule has 0 fully saturated rings. The van der Waals surface area contributed by atoms with Gasteiger partial charge in [0.2, 0.25) is 0 Å². The molecule has 0 saturated carbocycles. The standard InChI is InChI=1S/2C9H19NO2.Ni/c2*1-8(2)4-6-10(3)7-5-9(11)12;/h2*8H,4-7H2,1-3H3,(H,11,12);. The smallest absolute Gasteiger partial charge is 0.304 e. The van der Waals surface area contributed by atoms with E-state index in [0.717, 1.165) is 25.9 Å². The number of hydrogen-bond acceptors (Lipinski definition) is 4. The predicted molar refractivity (Wildman–Crippen MR) is 98.4 cm³/mol. The summed E-state index contributed by atoms with van der Waals surface area (Å²) < 4.78 is 0. The minimum atomic E-state index is -0.716. The largest absolute Gasteiger partial charge is 0.481 e. The third kappa shape index (κ3) is 28.4. The normalized spacial score (nSPS) is 10.6. The molecule has 0 aromatic carbocycles. The molecule has 154 valence electrons. The Labute approximate surface area is 163 Å². The van der Waals surface area contributed by atoms with E-state index in [-0.39, 0.29) is 29.3 Å². The van der Waals surface area contributed by atoms with Crippen LogP contribution in [0.5, 0.6) is 0 Å². The van der Waals surface area contributed by atoms with E-state index >= 15 is 0 Å². The van der Waals surface area contributed by atoms with Crippen LogP contribution >= 0.6 is 0 Å². The molecule has 6 nitrogen and oxygen atoms in total. The summed E-state index contributed by atoms with van der Waals surface area (Å²) in [4.78, 5) is 24.6. The van der Waals surface area contributed by atoms with E-state index < -0.39 is 11.9 Å². The van der Waals surface area contributed by atoms with Gasteiger partial charge in [-0.25, -0.2) is 0 Å². The summed E-state index contributed by atoms with van der Waals surface area (Å²) in [5, 5.41) is 16.8. The second-order valence-electron chi connectivity index (χ2n) is 7.26. The van der Waals surface area contributed by atoms with E-state index in [1.54, 1.807) is 0 Å². The Morgan fingerprint density at radius 2 is 1.00 bits per heavy atom. The first-order valence-corrected chi connectivity index (χ1v) is 8.85. The summed E-state index contributed by atoms with van der Waals surface area (Å²) in [5.41, 5.74) is 0. The number of rotatable bonds is 12. The van der Waals surface area contributed by atoms with E-state index in [1.165, 1.54) is 0 Å². The van der Waals surface area contributed by atoms with Gasteiger partial charge in [0.15, 0.2) is 0 Å². The molecule has 0 spiro atoms. The van der Waals surface area contributed by atoms with Crippen LogP contribution in [0, 0.1) is 11.8 Å².